The minimum absolute atomic E-state index is 0.145. The summed E-state index contributed by atoms with van der Waals surface area (Å²) in [4.78, 5) is 16.1. The van der Waals surface area contributed by atoms with Gasteiger partial charge in [0.15, 0.2) is 0 Å². The van der Waals surface area contributed by atoms with Crippen molar-refractivity contribution >= 4 is 22.5 Å². The van der Waals surface area contributed by atoms with Gasteiger partial charge < -0.3 is 16.8 Å². The molecule has 1 aliphatic rings. The van der Waals surface area contributed by atoms with Crippen LogP contribution in [0.1, 0.15) is 36.0 Å². The van der Waals surface area contributed by atoms with Gasteiger partial charge in [0, 0.05) is 23.7 Å². The molecule has 0 radical (unpaired) electrons. The van der Waals surface area contributed by atoms with E-state index >= 15 is 0 Å². The summed E-state index contributed by atoms with van der Waals surface area (Å²) in [5.74, 6) is -0.471. The highest BCUT2D eigenvalue weighted by Gasteiger charge is 2.33. The van der Waals surface area contributed by atoms with Crippen LogP contribution in [0.4, 0.5) is 5.69 Å². The van der Waals surface area contributed by atoms with Gasteiger partial charge >= 0.3 is 0 Å². The first-order valence-electron chi connectivity index (χ1n) is 7.31. The zero-order chi connectivity index (χ0) is 14.9. The molecule has 1 saturated carbocycles. The fourth-order valence-electron chi connectivity index (χ4n) is 3.16. The zero-order valence-corrected chi connectivity index (χ0v) is 11.9. The highest BCUT2D eigenvalue weighted by Crippen LogP contribution is 2.35. The normalized spacial score (nSPS) is 17.0. The van der Waals surface area contributed by atoms with Crippen molar-refractivity contribution in [1.29, 1.82) is 0 Å². The van der Waals surface area contributed by atoms with Crippen LogP contribution >= 0.6 is 0 Å². The Bertz CT molecular complexity index is 677. The lowest BCUT2D eigenvalue weighted by atomic mass is 9.96. The van der Waals surface area contributed by atoms with Gasteiger partial charge in [-0.25, -0.2) is 0 Å². The van der Waals surface area contributed by atoms with Gasteiger partial charge in [0.2, 0.25) is 0 Å². The fourth-order valence-corrected chi connectivity index (χ4v) is 3.16. The Kier molecular flexibility index (Phi) is 3.51. The molecule has 1 aliphatic carbocycles. The number of rotatable bonds is 4. The average molecular weight is 284 g/mol. The zero-order valence-electron chi connectivity index (χ0n) is 11.9. The first kappa shape index (κ1) is 13.8. The molecule has 0 atom stereocenters. The molecule has 1 aromatic carbocycles. The smallest absolute Gasteiger partial charge is 0.252 e. The number of hydrogen-bond donors (Lipinski definition) is 3. The number of anilines is 1. The van der Waals surface area contributed by atoms with Gasteiger partial charge in [-0.15, -0.1) is 0 Å². The third-order valence-corrected chi connectivity index (χ3v) is 4.38. The van der Waals surface area contributed by atoms with Crippen LogP contribution in [-0.2, 0) is 0 Å². The number of pyridine rings is 1. The molecule has 5 heteroatoms. The number of aromatic nitrogens is 1. The van der Waals surface area contributed by atoms with Gasteiger partial charge in [-0.05, 0) is 18.9 Å². The quantitative estimate of drug-likeness (QED) is 0.800. The molecule has 1 fully saturated rings. The van der Waals surface area contributed by atoms with Crippen molar-refractivity contribution in [3.8, 4) is 0 Å². The van der Waals surface area contributed by atoms with Gasteiger partial charge in [0.1, 0.15) is 0 Å². The summed E-state index contributed by atoms with van der Waals surface area (Å²) in [5, 5.41) is 4.44. The molecule has 21 heavy (non-hydrogen) atoms. The van der Waals surface area contributed by atoms with E-state index in [1.165, 1.54) is 0 Å². The number of carbonyl (C=O) groups is 1. The standard InChI is InChI=1S/C16H20N4O/c17-10-16(7-3-4-8-16)20-14-11-5-1-2-6-13(11)19-9-12(14)15(18)21/h1-2,5-6,9H,3-4,7-8,10,17H2,(H2,18,21)(H,19,20). The van der Waals surface area contributed by atoms with E-state index in [1.54, 1.807) is 6.20 Å². The van der Waals surface area contributed by atoms with Crippen LogP contribution in [0.5, 0.6) is 0 Å². The van der Waals surface area contributed by atoms with Gasteiger partial charge in [0.25, 0.3) is 5.91 Å². The van der Waals surface area contributed by atoms with E-state index in [-0.39, 0.29) is 5.54 Å². The van der Waals surface area contributed by atoms with Crippen LogP contribution in [-0.4, -0.2) is 23.0 Å². The van der Waals surface area contributed by atoms with Crippen molar-refractivity contribution in [2.24, 2.45) is 11.5 Å². The van der Waals surface area contributed by atoms with Crippen LogP contribution < -0.4 is 16.8 Å². The monoisotopic (exact) mass is 284 g/mol. The second-order valence-electron chi connectivity index (χ2n) is 5.74. The number of nitrogens with two attached hydrogens (primary N) is 2. The molecule has 5 nitrogen and oxygen atoms in total. The second-order valence-corrected chi connectivity index (χ2v) is 5.74. The Balaban J connectivity index is 2.14. The fraction of sp³-hybridized carbons (Fsp3) is 0.375. The summed E-state index contributed by atoms with van der Waals surface area (Å²) in [5.41, 5.74) is 13.4. The highest BCUT2D eigenvalue weighted by molar-refractivity contribution is 6.06. The number of nitrogens with one attached hydrogen (secondary N) is 1. The van der Waals surface area contributed by atoms with Crippen molar-refractivity contribution in [3.63, 3.8) is 0 Å². The van der Waals surface area contributed by atoms with E-state index in [9.17, 15) is 4.79 Å². The molecule has 0 spiro atoms. The number of nitrogens with zero attached hydrogens (tertiary/aromatic N) is 1. The molecule has 2 aromatic rings. The first-order chi connectivity index (χ1) is 10.2. The number of primary amides is 1. The Labute approximate surface area is 123 Å². The third kappa shape index (κ3) is 2.45. The molecule has 1 aromatic heterocycles. The summed E-state index contributed by atoms with van der Waals surface area (Å²) in [7, 11) is 0. The lowest BCUT2D eigenvalue weighted by molar-refractivity contribution is 0.100. The third-order valence-electron chi connectivity index (χ3n) is 4.38. The van der Waals surface area contributed by atoms with E-state index in [0.29, 0.717) is 12.1 Å². The van der Waals surface area contributed by atoms with Crippen LogP contribution in [0, 0.1) is 0 Å². The average Bonchev–Trinajstić information content (AvgIpc) is 2.96. The summed E-state index contributed by atoms with van der Waals surface area (Å²) in [6, 6.07) is 7.74. The lowest BCUT2D eigenvalue weighted by Gasteiger charge is -2.31. The van der Waals surface area contributed by atoms with Crippen molar-refractivity contribution in [1.82, 2.24) is 4.98 Å². The minimum atomic E-state index is -0.471. The van der Waals surface area contributed by atoms with Crippen LogP contribution in [0.15, 0.2) is 30.5 Å². The van der Waals surface area contributed by atoms with Crippen LogP contribution in [0.25, 0.3) is 10.9 Å². The van der Waals surface area contributed by atoms with Crippen molar-refractivity contribution < 1.29 is 4.79 Å². The Morgan fingerprint density at radius 2 is 2.00 bits per heavy atom. The van der Waals surface area contributed by atoms with E-state index in [0.717, 1.165) is 42.3 Å². The highest BCUT2D eigenvalue weighted by atomic mass is 16.1. The topological polar surface area (TPSA) is 94.0 Å². The molecule has 0 saturated heterocycles. The van der Waals surface area contributed by atoms with E-state index < -0.39 is 5.91 Å². The summed E-state index contributed by atoms with van der Waals surface area (Å²) >= 11 is 0. The van der Waals surface area contributed by atoms with E-state index in [4.69, 9.17) is 11.5 Å². The van der Waals surface area contributed by atoms with Gasteiger partial charge in [-0.2, -0.15) is 0 Å². The number of carbonyl (C=O) groups excluding carboxylic acids is 1. The molecule has 0 bridgehead atoms. The van der Waals surface area contributed by atoms with Gasteiger partial charge in [0.05, 0.1) is 16.8 Å². The van der Waals surface area contributed by atoms with Crippen molar-refractivity contribution in [2.75, 3.05) is 11.9 Å². The second kappa shape index (κ2) is 5.33. The SMILES string of the molecule is NCC1(Nc2c(C(N)=O)cnc3ccccc23)CCCC1. The van der Waals surface area contributed by atoms with Gasteiger partial charge in [-0.1, -0.05) is 31.0 Å². The van der Waals surface area contributed by atoms with E-state index in [2.05, 4.69) is 10.3 Å². The summed E-state index contributed by atoms with van der Waals surface area (Å²) in [6.07, 6.45) is 5.88. The molecular formula is C16H20N4O. The Morgan fingerprint density at radius 1 is 1.29 bits per heavy atom. The molecule has 110 valence electrons. The molecule has 0 unspecified atom stereocenters. The molecule has 0 aliphatic heterocycles. The summed E-state index contributed by atoms with van der Waals surface area (Å²) in [6.45, 7) is 0.544. The first-order valence-corrected chi connectivity index (χ1v) is 7.31. The summed E-state index contributed by atoms with van der Waals surface area (Å²) < 4.78 is 0. The minimum Gasteiger partial charge on any atom is -0.377 e. The molecular weight excluding hydrogens is 264 g/mol. The molecule has 5 N–H and O–H groups in total. The van der Waals surface area contributed by atoms with Crippen molar-refractivity contribution in [2.45, 2.75) is 31.2 Å². The number of benzene rings is 1. The Morgan fingerprint density at radius 3 is 2.67 bits per heavy atom. The number of hydrogen-bond acceptors (Lipinski definition) is 4. The van der Waals surface area contributed by atoms with Crippen LogP contribution in [0.3, 0.4) is 0 Å². The van der Waals surface area contributed by atoms with E-state index in [1.807, 2.05) is 24.3 Å². The predicted octanol–water partition coefficient (Wildman–Crippen LogP) is 2.02. The largest absolute Gasteiger partial charge is 0.377 e. The molecule has 1 amide bonds. The maximum absolute atomic E-state index is 11.7. The number of amides is 1. The lowest BCUT2D eigenvalue weighted by Crippen LogP contribution is -2.43. The maximum atomic E-state index is 11.7. The maximum Gasteiger partial charge on any atom is 0.252 e. The predicted molar refractivity (Wildman–Crippen MR) is 84.1 cm³/mol. The molecule has 1 heterocycles. The van der Waals surface area contributed by atoms with Crippen LogP contribution in [0.2, 0.25) is 0 Å². The molecule has 3 rings (SSSR count). The number of para-hydroxylation sites is 1. The Hall–Kier alpha value is -2.14. The number of fused-ring (bicyclic) bond motifs is 1. The van der Waals surface area contributed by atoms with Gasteiger partial charge in [-0.3, -0.25) is 9.78 Å². The van der Waals surface area contributed by atoms with Crippen molar-refractivity contribution in [3.05, 3.63) is 36.0 Å².